The Balaban J connectivity index is 1.53. The molecule has 2 aliphatic heterocycles. The van der Waals surface area contributed by atoms with Gasteiger partial charge in [0.05, 0.1) is 12.8 Å². The topological polar surface area (TPSA) is 38.2 Å². The highest BCUT2D eigenvalue weighted by Gasteiger charge is 2.52. The Kier molecular flexibility index (Phi) is 6.45. The van der Waals surface area contributed by atoms with Gasteiger partial charge in [0, 0.05) is 41.8 Å². The lowest BCUT2D eigenvalue weighted by molar-refractivity contribution is -0.0641. The van der Waals surface area contributed by atoms with Crippen LogP contribution < -0.4 is 0 Å². The third-order valence-corrected chi connectivity index (χ3v) is 7.53. The number of pyridine rings is 2. The van der Waals surface area contributed by atoms with Crippen molar-refractivity contribution < 1.29 is 9.13 Å². The number of rotatable bonds is 8. The fourth-order valence-corrected chi connectivity index (χ4v) is 6.00. The van der Waals surface area contributed by atoms with Gasteiger partial charge in [-0.2, -0.15) is 0 Å². The van der Waals surface area contributed by atoms with Crippen molar-refractivity contribution in [2.24, 2.45) is 5.41 Å². The van der Waals surface area contributed by atoms with E-state index in [0.717, 1.165) is 50.3 Å². The van der Waals surface area contributed by atoms with Crippen molar-refractivity contribution in [2.45, 2.75) is 83.8 Å². The summed E-state index contributed by atoms with van der Waals surface area (Å²) in [4.78, 5) is 11.6. The van der Waals surface area contributed by atoms with Gasteiger partial charge < -0.3 is 4.74 Å². The minimum absolute atomic E-state index is 0.0389. The Bertz CT molecular complexity index is 851. The molecule has 2 saturated heterocycles. The summed E-state index contributed by atoms with van der Waals surface area (Å²) < 4.78 is 19.3. The molecule has 4 rings (SSSR count). The average molecular weight is 426 g/mol. The van der Waals surface area contributed by atoms with Gasteiger partial charge in [-0.1, -0.05) is 6.07 Å². The maximum atomic E-state index is 13.3. The van der Waals surface area contributed by atoms with Crippen LogP contribution in [0.1, 0.15) is 69.8 Å². The molecule has 168 valence electrons. The van der Waals surface area contributed by atoms with Crippen LogP contribution in [0.4, 0.5) is 4.39 Å². The molecular formula is C26H36FN3O. The fraction of sp³-hybridized carbons (Fsp3) is 0.615. The lowest BCUT2D eigenvalue weighted by Crippen LogP contribution is -2.56. The Labute approximate surface area is 186 Å². The number of nitrogens with zero attached hydrogens (tertiary/aromatic N) is 3. The molecule has 0 N–H and O–H groups in total. The number of aromatic nitrogens is 2. The third kappa shape index (κ3) is 4.68. The number of fused-ring (bicyclic) bond motifs is 2. The summed E-state index contributed by atoms with van der Waals surface area (Å²) in [5, 5.41) is 0. The molecule has 5 heteroatoms. The summed E-state index contributed by atoms with van der Waals surface area (Å²) in [6.07, 6.45) is 10.1. The zero-order valence-electron chi connectivity index (χ0n) is 19.4. The third-order valence-electron chi connectivity index (χ3n) is 7.53. The van der Waals surface area contributed by atoms with E-state index < -0.39 is 0 Å². The van der Waals surface area contributed by atoms with Crippen LogP contribution in [0.2, 0.25) is 0 Å². The summed E-state index contributed by atoms with van der Waals surface area (Å²) in [6.45, 7) is 10.4. The molecule has 0 aromatic carbocycles. The Morgan fingerprint density at radius 1 is 1.10 bits per heavy atom. The first-order valence-corrected chi connectivity index (χ1v) is 11.7. The second kappa shape index (κ2) is 8.95. The van der Waals surface area contributed by atoms with Crippen molar-refractivity contribution in [3.63, 3.8) is 0 Å². The molecule has 2 fully saturated rings. The highest BCUT2D eigenvalue weighted by Crippen LogP contribution is 2.52. The van der Waals surface area contributed by atoms with Crippen LogP contribution >= 0.6 is 0 Å². The first kappa shape index (κ1) is 22.3. The minimum Gasteiger partial charge on any atom is -0.381 e. The van der Waals surface area contributed by atoms with Crippen LogP contribution in [0.25, 0.3) is 0 Å². The largest absolute Gasteiger partial charge is 0.381 e. The number of ether oxygens (including phenoxy) is 1. The van der Waals surface area contributed by atoms with E-state index in [1.54, 1.807) is 0 Å². The van der Waals surface area contributed by atoms with Gasteiger partial charge >= 0.3 is 0 Å². The van der Waals surface area contributed by atoms with E-state index in [1.807, 2.05) is 13.0 Å². The van der Waals surface area contributed by atoms with Crippen LogP contribution in [0.3, 0.4) is 0 Å². The van der Waals surface area contributed by atoms with E-state index >= 15 is 0 Å². The highest BCUT2D eigenvalue weighted by atomic mass is 19.1. The summed E-state index contributed by atoms with van der Waals surface area (Å²) in [6, 6.07) is 8.80. The van der Waals surface area contributed by atoms with Crippen LogP contribution in [0.5, 0.6) is 0 Å². The molecule has 2 atom stereocenters. The standard InChI is InChI=1S/C26H36FN3O/c1-5-31-18-26(13-12-22-9-8-21(27)17-29-22)14-23-10-11-24(15-26)30(23)25(3,4)20-7-6-19(2)28-16-20/h6-9,16-17,23-24H,5,10-15,18H2,1-4H3. The maximum absolute atomic E-state index is 13.3. The second-order valence-corrected chi connectivity index (χ2v) is 10.1. The van der Waals surface area contributed by atoms with E-state index in [2.05, 4.69) is 54.0 Å². The SMILES string of the molecule is CCOCC1(CCc2ccc(F)cn2)CC2CCC(C1)N2C(C)(C)c1ccc(C)nc1. The molecule has 0 amide bonds. The lowest BCUT2D eigenvalue weighted by atomic mass is 9.70. The number of hydrogen-bond acceptors (Lipinski definition) is 4. The lowest BCUT2D eigenvalue weighted by Gasteiger charge is -2.52. The molecule has 2 aromatic rings. The van der Waals surface area contributed by atoms with Crippen LogP contribution in [-0.2, 0) is 16.7 Å². The summed E-state index contributed by atoms with van der Waals surface area (Å²) in [5.41, 5.74) is 3.45. The number of halogens is 1. The molecular weight excluding hydrogens is 389 g/mol. The molecule has 31 heavy (non-hydrogen) atoms. The van der Waals surface area contributed by atoms with Crippen LogP contribution in [-0.4, -0.2) is 40.2 Å². The van der Waals surface area contributed by atoms with Gasteiger partial charge in [-0.3, -0.25) is 14.9 Å². The Hall–Kier alpha value is -1.85. The average Bonchev–Trinajstić information content (AvgIpc) is 3.05. The van der Waals surface area contributed by atoms with E-state index in [9.17, 15) is 4.39 Å². The maximum Gasteiger partial charge on any atom is 0.141 e. The van der Waals surface area contributed by atoms with Crippen LogP contribution in [0, 0.1) is 18.2 Å². The van der Waals surface area contributed by atoms with Crippen molar-refractivity contribution in [3.05, 3.63) is 59.4 Å². The predicted molar refractivity (Wildman–Crippen MR) is 121 cm³/mol. The first-order valence-electron chi connectivity index (χ1n) is 11.7. The Morgan fingerprint density at radius 2 is 1.84 bits per heavy atom. The molecule has 0 saturated carbocycles. The van der Waals surface area contributed by atoms with Crippen molar-refractivity contribution >= 4 is 0 Å². The smallest absolute Gasteiger partial charge is 0.141 e. The van der Waals surface area contributed by atoms with Gasteiger partial charge in [0.15, 0.2) is 0 Å². The van der Waals surface area contributed by atoms with Gasteiger partial charge in [0.2, 0.25) is 0 Å². The number of hydrogen-bond donors (Lipinski definition) is 0. The molecule has 4 nitrogen and oxygen atoms in total. The van der Waals surface area contributed by atoms with Gasteiger partial charge in [-0.05, 0) is 95.4 Å². The predicted octanol–water partition coefficient (Wildman–Crippen LogP) is 5.44. The van der Waals surface area contributed by atoms with Crippen molar-refractivity contribution in [2.75, 3.05) is 13.2 Å². The fourth-order valence-electron chi connectivity index (χ4n) is 6.00. The van der Waals surface area contributed by atoms with Gasteiger partial charge in [-0.25, -0.2) is 4.39 Å². The highest BCUT2D eigenvalue weighted by molar-refractivity contribution is 5.23. The summed E-state index contributed by atoms with van der Waals surface area (Å²) >= 11 is 0. The molecule has 2 bridgehead atoms. The minimum atomic E-state index is -0.271. The summed E-state index contributed by atoms with van der Waals surface area (Å²) in [5.74, 6) is -0.271. The van der Waals surface area contributed by atoms with E-state index in [1.165, 1.54) is 30.7 Å². The molecule has 0 spiro atoms. The van der Waals surface area contributed by atoms with Gasteiger partial charge in [0.1, 0.15) is 5.82 Å². The first-order chi connectivity index (χ1) is 14.8. The van der Waals surface area contributed by atoms with Crippen molar-refractivity contribution in [3.8, 4) is 0 Å². The zero-order chi connectivity index (χ0) is 22.1. The van der Waals surface area contributed by atoms with Crippen molar-refractivity contribution in [1.29, 1.82) is 0 Å². The molecule has 0 aliphatic carbocycles. The van der Waals surface area contributed by atoms with E-state index in [4.69, 9.17) is 4.74 Å². The Morgan fingerprint density at radius 3 is 2.42 bits per heavy atom. The zero-order valence-corrected chi connectivity index (χ0v) is 19.4. The molecule has 2 aliphatic rings. The molecule has 0 radical (unpaired) electrons. The number of aryl methyl sites for hydroxylation is 2. The monoisotopic (exact) mass is 425 g/mol. The molecule has 4 heterocycles. The van der Waals surface area contributed by atoms with E-state index in [-0.39, 0.29) is 16.8 Å². The molecule has 2 unspecified atom stereocenters. The van der Waals surface area contributed by atoms with E-state index in [0.29, 0.717) is 12.1 Å². The van der Waals surface area contributed by atoms with Crippen LogP contribution in [0.15, 0.2) is 36.7 Å². The summed E-state index contributed by atoms with van der Waals surface area (Å²) in [7, 11) is 0. The normalized spacial score (nSPS) is 26.4. The molecule has 2 aromatic heterocycles. The van der Waals surface area contributed by atoms with Gasteiger partial charge in [0.25, 0.3) is 0 Å². The quantitative estimate of drug-likeness (QED) is 0.564. The second-order valence-electron chi connectivity index (χ2n) is 10.1. The van der Waals surface area contributed by atoms with Gasteiger partial charge in [-0.15, -0.1) is 0 Å². The van der Waals surface area contributed by atoms with Crippen molar-refractivity contribution in [1.82, 2.24) is 14.9 Å². The number of piperidine rings is 1.